The highest BCUT2D eigenvalue weighted by Crippen LogP contribution is 2.34. The normalized spacial score (nSPS) is 19.8. The number of carbonyl (C=O) groups is 2. The third kappa shape index (κ3) is 2.48. The van der Waals surface area contributed by atoms with Crippen molar-refractivity contribution in [2.75, 3.05) is 6.54 Å². The lowest BCUT2D eigenvalue weighted by atomic mass is 9.77. The average molecular weight is 318 g/mol. The highest BCUT2D eigenvalue weighted by molar-refractivity contribution is 6.07. The predicted octanol–water partition coefficient (Wildman–Crippen LogP) is 2.61. The van der Waals surface area contributed by atoms with Gasteiger partial charge in [-0.15, -0.1) is 0 Å². The summed E-state index contributed by atoms with van der Waals surface area (Å²) < 4.78 is 18.5. The second kappa shape index (κ2) is 5.68. The highest BCUT2D eigenvalue weighted by Gasteiger charge is 2.46. The molecule has 1 aliphatic heterocycles. The van der Waals surface area contributed by atoms with Crippen LogP contribution >= 0.6 is 0 Å². The molecule has 1 aliphatic rings. The molecule has 23 heavy (non-hydrogen) atoms. The van der Waals surface area contributed by atoms with Crippen LogP contribution in [0.1, 0.15) is 37.0 Å². The second-order valence-corrected chi connectivity index (χ2v) is 5.98. The van der Waals surface area contributed by atoms with Gasteiger partial charge in [0.05, 0.1) is 5.56 Å². The number of hydrogen-bond donors (Lipinski definition) is 2. The average Bonchev–Trinajstić information content (AvgIpc) is 3.10. The molecule has 0 bridgehead atoms. The maximum absolute atomic E-state index is 13.2. The molecule has 1 fully saturated rings. The maximum Gasteiger partial charge on any atom is 0.255 e. The molecule has 1 aromatic heterocycles. The molecular weight excluding hydrogens is 299 g/mol. The molecule has 2 aromatic rings. The van der Waals surface area contributed by atoms with E-state index in [1.54, 1.807) is 0 Å². The van der Waals surface area contributed by atoms with Crippen molar-refractivity contribution in [3.8, 4) is 0 Å². The summed E-state index contributed by atoms with van der Waals surface area (Å²) in [5, 5.41) is 6.19. The Morgan fingerprint density at radius 1 is 1.43 bits per heavy atom. The molecule has 2 heterocycles. The number of halogens is 1. The molecule has 6 heteroatoms. The van der Waals surface area contributed by atoms with E-state index in [1.807, 2.05) is 13.8 Å². The van der Waals surface area contributed by atoms with E-state index in [0.717, 1.165) is 12.8 Å². The summed E-state index contributed by atoms with van der Waals surface area (Å²) in [6.45, 7) is 4.58. The number of nitrogens with one attached hydrogen (secondary N) is 2. The summed E-state index contributed by atoms with van der Waals surface area (Å²) in [7, 11) is 0. The number of hydrogen-bond acceptors (Lipinski definition) is 3. The van der Waals surface area contributed by atoms with Crippen LogP contribution in [0.2, 0.25) is 0 Å². The lowest BCUT2D eigenvalue weighted by molar-refractivity contribution is -0.121. The van der Waals surface area contributed by atoms with E-state index in [9.17, 15) is 14.0 Å². The Bertz CT molecular complexity index is 764. The molecule has 0 spiro atoms. The van der Waals surface area contributed by atoms with Gasteiger partial charge in [0.2, 0.25) is 5.91 Å². The molecule has 1 atom stereocenters. The number of carbonyl (C=O) groups excluding carboxylic acids is 2. The van der Waals surface area contributed by atoms with Gasteiger partial charge in [-0.1, -0.05) is 13.8 Å². The van der Waals surface area contributed by atoms with Crippen LogP contribution in [-0.4, -0.2) is 24.4 Å². The number of furan rings is 1. The van der Waals surface area contributed by atoms with Crippen molar-refractivity contribution in [1.29, 1.82) is 0 Å². The third-order valence-corrected chi connectivity index (χ3v) is 4.96. The van der Waals surface area contributed by atoms with Crippen LogP contribution in [0.15, 0.2) is 28.9 Å². The largest absolute Gasteiger partial charge is 0.463 e. The van der Waals surface area contributed by atoms with Crippen LogP contribution < -0.4 is 10.6 Å². The SMILES string of the molecule is CCC1(CC)CNC(=O)C1NC(=O)c1coc2cc(F)ccc12. The van der Waals surface area contributed by atoms with E-state index in [2.05, 4.69) is 10.6 Å². The van der Waals surface area contributed by atoms with Gasteiger partial charge in [0, 0.05) is 23.4 Å². The molecule has 0 saturated carbocycles. The Hall–Kier alpha value is -2.37. The van der Waals surface area contributed by atoms with Gasteiger partial charge in [0.25, 0.3) is 5.91 Å². The first-order valence-corrected chi connectivity index (χ1v) is 7.76. The van der Waals surface area contributed by atoms with E-state index >= 15 is 0 Å². The van der Waals surface area contributed by atoms with Crippen LogP contribution in [0.3, 0.4) is 0 Å². The van der Waals surface area contributed by atoms with Crippen molar-refractivity contribution in [1.82, 2.24) is 10.6 Å². The highest BCUT2D eigenvalue weighted by atomic mass is 19.1. The third-order valence-electron chi connectivity index (χ3n) is 4.96. The van der Waals surface area contributed by atoms with Crippen LogP contribution in [0.5, 0.6) is 0 Å². The molecule has 0 radical (unpaired) electrons. The molecule has 0 aliphatic carbocycles. The van der Waals surface area contributed by atoms with Gasteiger partial charge in [-0.2, -0.15) is 0 Å². The molecule has 1 saturated heterocycles. The molecule has 1 unspecified atom stereocenters. The van der Waals surface area contributed by atoms with E-state index in [-0.39, 0.29) is 17.2 Å². The lowest BCUT2D eigenvalue weighted by Crippen LogP contribution is -2.48. The van der Waals surface area contributed by atoms with E-state index in [4.69, 9.17) is 4.42 Å². The summed E-state index contributed by atoms with van der Waals surface area (Å²) in [6.07, 6.45) is 2.86. The first kappa shape index (κ1) is 15.5. The quantitative estimate of drug-likeness (QED) is 0.910. The predicted molar refractivity (Wildman–Crippen MR) is 83.5 cm³/mol. The Balaban J connectivity index is 1.89. The van der Waals surface area contributed by atoms with Crippen molar-refractivity contribution < 1.29 is 18.4 Å². The first-order valence-electron chi connectivity index (χ1n) is 7.76. The van der Waals surface area contributed by atoms with Crippen LogP contribution in [0, 0.1) is 11.2 Å². The molecule has 1 aromatic carbocycles. The van der Waals surface area contributed by atoms with Crippen molar-refractivity contribution in [2.45, 2.75) is 32.7 Å². The minimum atomic E-state index is -0.574. The molecule has 2 N–H and O–H groups in total. The summed E-state index contributed by atoms with van der Waals surface area (Å²) in [5.74, 6) is -0.977. The number of fused-ring (bicyclic) bond motifs is 1. The van der Waals surface area contributed by atoms with E-state index in [0.29, 0.717) is 23.1 Å². The Morgan fingerprint density at radius 3 is 2.87 bits per heavy atom. The fourth-order valence-corrected chi connectivity index (χ4v) is 3.26. The smallest absolute Gasteiger partial charge is 0.255 e. The minimum Gasteiger partial charge on any atom is -0.463 e. The standard InChI is InChI=1S/C17H19FN2O3/c1-3-17(4-2)9-19-16(22)14(17)20-15(21)12-8-23-13-7-10(18)5-6-11(12)13/h5-8,14H,3-4,9H2,1-2H3,(H,19,22)(H,20,21). The number of amides is 2. The van der Waals surface area contributed by atoms with Crippen LogP contribution in [0.4, 0.5) is 4.39 Å². The maximum atomic E-state index is 13.2. The fourth-order valence-electron chi connectivity index (χ4n) is 3.26. The van der Waals surface area contributed by atoms with Crippen molar-refractivity contribution in [2.24, 2.45) is 5.41 Å². The Morgan fingerprint density at radius 2 is 2.17 bits per heavy atom. The van der Waals surface area contributed by atoms with Gasteiger partial charge in [-0.25, -0.2) is 4.39 Å². The number of benzene rings is 1. The summed E-state index contributed by atoms with van der Waals surface area (Å²) in [4.78, 5) is 24.7. The van der Waals surface area contributed by atoms with Gasteiger partial charge < -0.3 is 15.1 Å². The van der Waals surface area contributed by atoms with Crippen molar-refractivity contribution in [3.63, 3.8) is 0 Å². The molecule has 122 valence electrons. The topological polar surface area (TPSA) is 71.3 Å². The zero-order valence-corrected chi connectivity index (χ0v) is 13.1. The van der Waals surface area contributed by atoms with Crippen LogP contribution in [0.25, 0.3) is 11.0 Å². The van der Waals surface area contributed by atoms with Crippen molar-refractivity contribution >= 4 is 22.8 Å². The lowest BCUT2D eigenvalue weighted by Gasteiger charge is -2.31. The first-order chi connectivity index (χ1) is 11.0. The fraction of sp³-hybridized carbons (Fsp3) is 0.412. The van der Waals surface area contributed by atoms with Gasteiger partial charge in [-0.05, 0) is 25.0 Å². The summed E-state index contributed by atoms with van der Waals surface area (Å²) in [5.41, 5.74) is 0.336. The minimum absolute atomic E-state index is 0.166. The van der Waals surface area contributed by atoms with E-state index < -0.39 is 11.9 Å². The molecule has 5 nitrogen and oxygen atoms in total. The molecule has 2 amide bonds. The molecule has 3 rings (SSSR count). The zero-order chi connectivity index (χ0) is 16.6. The Kier molecular flexibility index (Phi) is 3.83. The van der Waals surface area contributed by atoms with Gasteiger partial charge in [0.1, 0.15) is 23.7 Å². The van der Waals surface area contributed by atoms with Gasteiger partial charge >= 0.3 is 0 Å². The molecular formula is C17H19FN2O3. The Labute approximate surface area is 133 Å². The van der Waals surface area contributed by atoms with Crippen LogP contribution in [-0.2, 0) is 4.79 Å². The number of rotatable bonds is 4. The van der Waals surface area contributed by atoms with Gasteiger partial charge in [0.15, 0.2) is 0 Å². The monoisotopic (exact) mass is 318 g/mol. The summed E-state index contributed by atoms with van der Waals surface area (Å²) >= 11 is 0. The van der Waals surface area contributed by atoms with E-state index in [1.165, 1.54) is 24.5 Å². The summed E-state index contributed by atoms with van der Waals surface area (Å²) in [6, 6.07) is 3.44. The second-order valence-electron chi connectivity index (χ2n) is 5.98. The van der Waals surface area contributed by atoms with Gasteiger partial charge in [-0.3, -0.25) is 9.59 Å². The zero-order valence-electron chi connectivity index (χ0n) is 13.1. The van der Waals surface area contributed by atoms with Crippen molar-refractivity contribution in [3.05, 3.63) is 35.8 Å².